The van der Waals surface area contributed by atoms with Gasteiger partial charge in [0.25, 0.3) is 0 Å². The second kappa shape index (κ2) is 28.6. The van der Waals surface area contributed by atoms with Crippen LogP contribution in [0.2, 0.25) is 36.3 Å². The van der Waals surface area contributed by atoms with E-state index in [1.54, 1.807) is 14.2 Å². The number of hydrogen-bond acceptors (Lipinski definition) is 13. The van der Waals surface area contributed by atoms with Crippen LogP contribution in [0, 0.1) is 11.8 Å². The third-order valence-corrected chi connectivity index (χ3v) is 25.7. The molecule has 3 aliphatic heterocycles. The van der Waals surface area contributed by atoms with Gasteiger partial charge in [0.2, 0.25) is 0 Å². The lowest BCUT2D eigenvalue weighted by Gasteiger charge is -2.50. The van der Waals surface area contributed by atoms with Crippen LogP contribution in [0.1, 0.15) is 131 Å². The van der Waals surface area contributed by atoms with Crippen molar-refractivity contribution < 1.29 is 61.4 Å². The summed E-state index contributed by atoms with van der Waals surface area (Å²) >= 11 is 0. The zero-order chi connectivity index (χ0) is 56.8. The summed E-state index contributed by atoms with van der Waals surface area (Å²) in [7, 11) is 0.253. The summed E-state index contributed by atoms with van der Waals surface area (Å²) in [5.41, 5.74) is 3.20. The summed E-state index contributed by atoms with van der Waals surface area (Å²) < 4.78 is 71.2. The molecule has 1 N–H and O–H groups in total. The highest BCUT2D eigenvalue weighted by Crippen LogP contribution is 2.48. The Morgan fingerprint density at radius 3 is 2.09 bits per heavy atom. The van der Waals surface area contributed by atoms with Gasteiger partial charge in [0.15, 0.2) is 22.4 Å². The highest BCUT2D eigenvalue weighted by Gasteiger charge is 2.52. The number of esters is 1. The standard InChI is InChI=1S/C62H99O13Si2/c1-44-31-51(71-52(32-44)36-54-38-56(74-76(14,15)59(3,4)5)37-53(72-54)35-50(28-30-63)69-42-47-23-25-49(65-11)26-24-47)27-29-61(9,10)62(67-13)40-48(34-58(64)66-12)33-55(73-62)39-57(75-77(16,17)60(6,7)8)45(2)70-43-68-41-46-21-19-18-20-22-46/h18-27,29,34,40,45,50-57,63H,1,28,30-33,35-39,41-43H2,2-17H3/b29-27+,48-34-/t45-,50+,51+,52+,53-,54+,55+,56+,57-,62+/m1/s1. The van der Waals surface area contributed by atoms with Crippen LogP contribution >= 0.6 is 0 Å². The van der Waals surface area contributed by atoms with Crippen LogP contribution in [0.5, 0.6) is 5.75 Å². The molecule has 15 heteroatoms. The van der Waals surface area contributed by atoms with Gasteiger partial charge in [-0.25, -0.2) is 4.79 Å². The molecule has 3 saturated heterocycles. The zero-order valence-corrected chi connectivity index (χ0v) is 51.9. The number of aliphatic hydroxyl groups is 1. The maximum Gasteiger partial charge on any atom is 0.330 e. The number of ether oxygens (including phenoxy) is 9. The summed E-state index contributed by atoms with van der Waals surface area (Å²) in [6, 6.07) is 17.9. The predicted molar refractivity (Wildman–Crippen MR) is 309 cm³/mol. The molecule has 77 heavy (non-hydrogen) atoms. The summed E-state index contributed by atoms with van der Waals surface area (Å²) in [6.07, 6.45) is 11.4. The monoisotopic (exact) mass is 1110 g/mol. The van der Waals surface area contributed by atoms with E-state index in [0.717, 1.165) is 47.3 Å². The molecule has 0 amide bonds. The molecule has 0 aromatic heterocycles. The number of carbonyl (C=O) groups is 1. The molecule has 5 rings (SSSR count). The quantitative estimate of drug-likeness (QED) is 0.0227. The predicted octanol–water partition coefficient (Wildman–Crippen LogP) is 13.2. The first-order chi connectivity index (χ1) is 36.1. The third kappa shape index (κ3) is 19.3. The van der Waals surface area contributed by atoms with Gasteiger partial charge in [0.05, 0.1) is 76.3 Å². The van der Waals surface area contributed by atoms with Crippen LogP contribution in [0.4, 0.5) is 0 Å². The first-order valence-corrected chi connectivity index (χ1v) is 33.9. The van der Waals surface area contributed by atoms with Gasteiger partial charge in [-0.1, -0.05) is 128 Å². The molecule has 0 unspecified atom stereocenters. The lowest BCUT2D eigenvalue weighted by atomic mass is 9.75. The molecule has 0 bridgehead atoms. The number of carbonyl (C=O) groups excluding carboxylic acids is 1. The number of rotatable bonds is 27. The molecule has 1 radical (unpaired) electrons. The van der Waals surface area contributed by atoms with Crippen molar-refractivity contribution in [2.45, 2.75) is 230 Å². The minimum absolute atomic E-state index is 0.0156. The molecule has 3 aliphatic rings. The van der Waals surface area contributed by atoms with Gasteiger partial charge in [-0.15, -0.1) is 0 Å². The lowest BCUT2D eigenvalue weighted by molar-refractivity contribution is -0.278. The minimum atomic E-state index is -2.32. The van der Waals surface area contributed by atoms with Crippen LogP contribution in [0.3, 0.4) is 0 Å². The molecule has 2 aromatic rings. The average Bonchev–Trinajstić information content (AvgIpc) is 3.35. The van der Waals surface area contributed by atoms with Crippen LogP contribution in [-0.2, 0) is 64.8 Å². The maximum absolute atomic E-state index is 12.9. The molecule has 0 saturated carbocycles. The zero-order valence-electron chi connectivity index (χ0n) is 49.9. The topological polar surface area (TPSA) is 139 Å². The van der Waals surface area contributed by atoms with Crippen molar-refractivity contribution in [2.24, 2.45) is 5.41 Å². The van der Waals surface area contributed by atoms with Gasteiger partial charge in [-0.2, -0.15) is 0 Å². The molecule has 10 atom stereocenters. The second-order valence-electron chi connectivity index (χ2n) is 25.3. The Morgan fingerprint density at radius 2 is 1.47 bits per heavy atom. The van der Waals surface area contributed by atoms with Crippen molar-refractivity contribution in [3.63, 3.8) is 0 Å². The van der Waals surface area contributed by atoms with Crippen molar-refractivity contribution in [1.29, 1.82) is 0 Å². The fourth-order valence-corrected chi connectivity index (χ4v) is 12.7. The van der Waals surface area contributed by atoms with Gasteiger partial charge >= 0.3 is 5.97 Å². The second-order valence-corrected chi connectivity index (χ2v) is 34.8. The fraction of sp³-hybridized carbons (Fsp3) is 0.677. The largest absolute Gasteiger partial charge is 0.497 e. The normalized spacial score (nSPS) is 25.9. The van der Waals surface area contributed by atoms with Crippen molar-refractivity contribution in [2.75, 3.05) is 34.7 Å². The van der Waals surface area contributed by atoms with E-state index >= 15 is 0 Å². The Balaban J connectivity index is 1.33. The first kappa shape index (κ1) is 64.8. The number of hydrogen-bond donors (Lipinski definition) is 1. The number of methoxy groups -OCH3 is 3. The Kier molecular flexibility index (Phi) is 24.1. The minimum Gasteiger partial charge on any atom is -0.497 e. The number of aliphatic hydroxyl groups excluding tert-OH is 1. The smallest absolute Gasteiger partial charge is 0.330 e. The average molecular weight is 1110 g/mol. The number of benzene rings is 2. The molecular weight excluding hydrogens is 1010 g/mol. The lowest BCUT2D eigenvalue weighted by Crippen LogP contribution is -2.55. The Bertz CT molecular complexity index is 2180. The first-order valence-electron chi connectivity index (χ1n) is 28.1. The Morgan fingerprint density at radius 1 is 0.805 bits per heavy atom. The van der Waals surface area contributed by atoms with Crippen LogP contribution in [0.25, 0.3) is 0 Å². The van der Waals surface area contributed by atoms with E-state index in [-0.39, 0.29) is 72.3 Å². The molecule has 2 aromatic carbocycles. The Hall–Kier alpha value is -3.04. The van der Waals surface area contributed by atoms with Crippen molar-refractivity contribution in [3.05, 3.63) is 108 Å². The van der Waals surface area contributed by atoms with Gasteiger partial charge in [-0.3, -0.25) is 0 Å². The van der Waals surface area contributed by atoms with Crippen LogP contribution in [-0.4, -0.2) is 123 Å². The van der Waals surface area contributed by atoms with E-state index in [2.05, 4.69) is 100 Å². The molecule has 3 fully saturated rings. The SMILES string of the molecule is C=C1C[C@@H](C[C@H]2C[C@@H](O[Si](C)(C)C(C)(C)C)C[C@@H](C[C@H](CCO)OCc3ccc(OC)cc3)O2)O[C@@H](/C=C/C(C)(C)[C@]2(OC)[CH]/C(=C\C(=O)OC)C[C@@H](C[C@@H](O[Si](C)(C)C(C)(C)C)[C@@H](C)OCOCc3ccccc3)O2)C1. The van der Waals surface area contributed by atoms with Crippen LogP contribution < -0.4 is 4.74 Å². The van der Waals surface area contributed by atoms with Crippen molar-refractivity contribution >= 4 is 22.6 Å². The van der Waals surface area contributed by atoms with Gasteiger partial charge < -0.3 is 56.6 Å². The summed E-state index contributed by atoms with van der Waals surface area (Å²) in [4.78, 5) is 12.9. The van der Waals surface area contributed by atoms with Crippen molar-refractivity contribution in [1.82, 2.24) is 0 Å². The van der Waals surface area contributed by atoms with E-state index in [9.17, 15) is 9.90 Å². The summed E-state index contributed by atoms with van der Waals surface area (Å²) in [5, 5.41) is 10.1. The highest BCUT2D eigenvalue weighted by molar-refractivity contribution is 6.74. The van der Waals surface area contributed by atoms with Crippen LogP contribution in [0.15, 0.2) is 90.6 Å². The summed E-state index contributed by atoms with van der Waals surface area (Å²) in [6.45, 7) is 34.3. The van der Waals surface area contributed by atoms with Gasteiger partial charge in [-0.05, 0) is 111 Å². The summed E-state index contributed by atoms with van der Waals surface area (Å²) in [5.74, 6) is -0.951. The molecule has 0 spiro atoms. The van der Waals surface area contributed by atoms with Gasteiger partial charge in [0, 0.05) is 50.6 Å². The Labute approximate surface area is 466 Å². The molecule has 3 heterocycles. The highest BCUT2D eigenvalue weighted by atomic mass is 28.4. The third-order valence-electron chi connectivity index (χ3n) is 16.6. The van der Waals surface area contributed by atoms with E-state index in [4.69, 9.17) is 51.5 Å². The van der Waals surface area contributed by atoms with E-state index in [0.29, 0.717) is 51.7 Å². The van der Waals surface area contributed by atoms with E-state index in [1.165, 1.54) is 13.2 Å². The van der Waals surface area contributed by atoms with E-state index in [1.807, 2.05) is 67.9 Å². The molecular formula is C62H99O13Si2. The molecule has 13 nitrogen and oxygen atoms in total. The fourth-order valence-electron chi connectivity index (χ4n) is 9.93. The molecule has 433 valence electrons. The van der Waals surface area contributed by atoms with Crippen molar-refractivity contribution in [3.8, 4) is 5.75 Å². The van der Waals surface area contributed by atoms with Gasteiger partial charge in [0.1, 0.15) is 12.5 Å². The maximum atomic E-state index is 12.9. The molecule has 0 aliphatic carbocycles. The van der Waals surface area contributed by atoms with E-state index < -0.39 is 39.9 Å².